The molecule has 1 aliphatic heterocycles. The van der Waals surface area contributed by atoms with Crippen LogP contribution in [0.2, 0.25) is 0 Å². The Labute approximate surface area is 155 Å². The van der Waals surface area contributed by atoms with Crippen molar-refractivity contribution >= 4 is 33.6 Å². The second-order valence-corrected chi connectivity index (χ2v) is 6.99. The van der Waals surface area contributed by atoms with Gasteiger partial charge in [0.25, 0.3) is 0 Å². The highest BCUT2D eigenvalue weighted by Gasteiger charge is 2.36. The fourth-order valence-corrected chi connectivity index (χ4v) is 3.31. The number of nitrogens with zero attached hydrogens (tertiary/aromatic N) is 3. The standard InChI is InChI=1S/C19H20BrN3O2/c1-2-23(17-9-8-16(20)11-21-17)19(25)15-10-18(24)22(13-15)12-14-6-4-3-5-7-14/h3-9,11,15H,2,10,12-13H2,1H3. The van der Waals surface area contributed by atoms with E-state index in [2.05, 4.69) is 20.9 Å². The average Bonchev–Trinajstić information content (AvgIpc) is 2.99. The first kappa shape index (κ1) is 17.6. The molecule has 0 saturated carbocycles. The maximum Gasteiger partial charge on any atom is 0.233 e. The zero-order valence-electron chi connectivity index (χ0n) is 14.1. The van der Waals surface area contributed by atoms with Crippen LogP contribution in [0.4, 0.5) is 5.82 Å². The molecule has 2 amide bonds. The van der Waals surface area contributed by atoms with Crippen molar-refractivity contribution in [2.75, 3.05) is 18.0 Å². The summed E-state index contributed by atoms with van der Waals surface area (Å²) in [5.41, 5.74) is 1.07. The fraction of sp³-hybridized carbons (Fsp3) is 0.316. The number of aromatic nitrogens is 1. The van der Waals surface area contributed by atoms with E-state index in [-0.39, 0.29) is 24.2 Å². The van der Waals surface area contributed by atoms with Gasteiger partial charge in [-0.05, 0) is 40.5 Å². The van der Waals surface area contributed by atoms with Crippen molar-refractivity contribution in [1.29, 1.82) is 0 Å². The fourth-order valence-electron chi connectivity index (χ4n) is 3.07. The van der Waals surface area contributed by atoms with Gasteiger partial charge < -0.3 is 4.90 Å². The molecule has 0 bridgehead atoms. The topological polar surface area (TPSA) is 53.5 Å². The van der Waals surface area contributed by atoms with Gasteiger partial charge >= 0.3 is 0 Å². The number of carbonyl (C=O) groups excluding carboxylic acids is 2. The van der Waals surface area contributed by atoms with Crippen LogP contribution in [0, 0.1) is 5.92 Å². The lowest BCUT2D eigenvalue weighted by molar-refractivity contribution is -0.128. The first-order chi connectivity index (χ1) is 12.1. The van der Waals surface area contributed by atoms with Crippen LogP contribution in [0.25, 0.3) is 0 Å². The number of carbonyl (C=O) groups is 2. The first-order valence-electron chi connectivity index (χ1n) is 8.33. The van der Waals surface area contributed by atoms with Gasteiger partial charge in [0.15, 0.2) is 0 Å². The van der Waals surface area contributed by atoms with Crippen LogP contribution in [0.1, 0.15) is 18.9 Å². The molecule has 0 radical (unpaired) electrons. The van der Waals surface area contributed by atoms with E-state index in [0.29, 0.717) is 25.5 Å². The predicted octanol–water partition coefficient (Wildman–Crippen LogP) is 3.25. The van der Waals surface area contributed by atoms with E-state index in [9.17, 15) is 9.59 Å². The molecule has 0 aliphatic carbocycles. The summed E-state index contributed by atoms with van der Waals surface area (Å²) >= 11 is 3.35. The summed E-state index contributed by atoms with van der Waals surface area (Å²) < 4.78 is 0.866. The molecule has 5 nitrogen and oxygen atoms in total. The van der Waals surface area contributed by atoms with E-state index in [0.717, 1.165) is 10.0 Å². The number of hydrogen-bond acceptors (Lipinski definition) is 3. The van der Waals surface area contributed by atoms with Gasteiger partial charge in [-0.3, -0.25) is 14.5 Å². The summed E-state index contributed by atoms with van der Waals surface area (Å²) in [7, 11) is 0. The summed E-state index contributed by atoms with van der Waals surface area (Å²) in [5.74, 6) is 0.287. The lowest BCUT2D eigenvalue weighted by Crippen LogP contribution is -2.37. The van der Waals surface area contributed by atoms with Gasteiger partial charge in [0.05, 0.1) is 5.92 Å². The van der Waals surface area contributed by atoms with E-state index < -0.39 is 0 Å². The van der Waals surface area contributed by atoms with E-state index in [1.54, 1.807) is 16.0 Å². The molecule has 130 valence electrons. The molecular weight excluding hydrogens is 382 g/mol. The minimum atomic E-state index is -0.318. The molecule has 1 saturated heterocycles. The van der Waals surface area contributed by atoms with Crippen molar-refractivity contribution in [2.45, 2.75) is 19.9 Å². The van der Waals surface area contributed by atoms with Crippen molar-refractivity contribution in [2.24, 2.45) is 5.92 Å². The minimum Gasteiger partial charge on any atom is -0.338 e. The van der Waals surface area contributed by atoms with Crippen LogP contribution in [0.5, 0.6) is 0 Å². The Morgan fingerprint density at radius 3 is 2.68 bits per heavy atom. The van der Waals surface area contributed by atoms with Crippen molar-refractivity contribution in [3.8, 4) is 0 Å². The summed E-state index contributed by atoms with van der Waals surface area (Å²) in [5, 5.41) is 0. The van der Waals surface area contributed by atoms with Crippen LogP contribution in [0.3, 0.4) is 0 Å². The van der Waals surface area contributed by atoms with E-state index >= 15 is 0 Å². The third-order valence-electron chi connectivity index (χ3n) is 4.35. The lowest BCUT2D eigenvalue weighted by Gasteiger charge is -2.23. The molecule has 1 unspecified atom stereocenters. The summed E-state index contributed by atoms with van der Waals surface area (Å²) in [6, 6.07) is 13.5. The Kier molecular flexibility index (Phi) is 5.48. The number of hydrogen-bond donors (Lipinski definition) is 0. The molecule has 0 spiro atoms. The monoisotopic (exact) mass is 401 g/mol. The van der Waals surface area contributed by atoms with Gasteiger partial charge in [0, 0.05) is 36.7 Å². The second kappa shape index (κ2) is 7.78. The van der Waals surface area contributed by atoms with Crippen molar-refractivity contribution in [3.63, 3.8) is 0 Å². The molecule has 1 aliphatic rings. The highest BCUT2D eigenvalue weighted by Crippen LogP contribution is 2.24. The highest BCUT2D eigenvalue weighted by atomic mass is 79.9. The summed E-state index contributed by atoms with van der Waals surface area (Å²) in [6.45, 7) is 3.45. The molecule has 1 aromatic carbocycles. The minimum absolute atomic E-state index is 0.0296. The van der Waals surface area contributed by atoms with Crippen molar-refractivity contribution < 1.29 is 9.59 Å². The summed E-state index contributed by atoms with van der Waals surface area (Å²) in [6.07, 6.45) is 1.94. The molecular formula is C19H20BrN3O2. The summed E-state index contributed by atoms with van der Waals surface area (Å²) in [4.78, 5) is 32.9. The van der Waals surface area contributed by atoms with Crippen LogP contribution >= 0.6 is 15.9 Å². The van der Waals surface area contributed by atoms with E-state index in [4.69, 9.17) is 0 Å². The second-order valence-electron chi connectivity index (χ2n) is 6.08. The van der Waals surface area contributed by atoms with Gasteiger partial charge in [0.2, 0.25) is 11.8 Å². The normalized spacial score (nSPS) is 17.0. The molecule has 1 fully saturated rings. The number of pyridine rings is 1. The van der Waals surface area contributed by atoms with E-state index in [1.165, 1.54) is 0 Å². The Morgan fingerprint density at radius 1 is 1.28 bits per heavy atom. The van der Waals surface area contributed by atoms with Crippen LogP contribution in [-0.2, 0) is 16.1 Å². The van der Waals surface area contributed by atoms with Gasteiger partial charge in [-0.2, -0.15) is 0 Å². The number of halogens is 1. The third kappa shape index (κ3) is 4.07. The molecule has 25 heavy (non-hydrogen) atoms. The van der Waals surface area contributed by atoms with Crippen LogP contribution < -0.4 is 4.90 Å². The maximum absolute atomic E-state index is 12.9. The Morgan fingerprint density at radius 2 is 2.04 bits per heavy atom. The molecule has 6 heteroatoms. The van der Waals surface area contributed by atoms with Crippen molar-refractivity contribution in [1.82, 2.24) is 9.88 Å². The number of amides is 2. The zero-order chi connectivity index (χ0) is 17.8. The first-order valence-corrected chi connectivity index (χ1v) is 9.12. The van der Waals surface area contributed by atoms with Gasteiger partial charge in [0.1, 0.15) is 5.82 Å². The van der Waals surface area contributed by atoms with Gasteiger partial charge in [-0.15, -0.1) is 0 Å². The average molecular weight is 402 g/mol. The van der Waals surface area contributed by atoms with Gasteiger partial charge in [-0.1, -0.05) is 30.3 Å². The molecule has 2 aromatic rings. The molecule has 1 atom stereocenters. The van der Waals surface area contributed by atoms with Crippen LogP contribution in [-0.4, -0.2) is 34.8 Å². The largest absolute Gasteiger partial charge is 0.338 e. The maximum atomic E-state index is 12.9. The Bertz CT molecular complexity index is 749. The zero-order valence-corrected chi connectivity index (χ0v) is 15.6. The number of benzene rings is 1. The van der Waals surface area contributed by atoms with Crippen molar-refractivity contribution in [3.05, 3.63) is 58.7 Å². The number of rotatable bonds is 5. The molecule has 1 aromatic heterocycles. The quantitative estimate of drug-likeness (QED) is 0.772. The van der Waals surface area contributed by atoms with Gasteiger partial charge in [-0.25, -0.2) is 4.98 Å². The smallest absolute Gasteiger partial charge is 0.233 e. The number of likely N-dealkylation sites (tertiary alicyclic amines) is 1. The predicted molar refractivity (Wildman–Crippen MR) is 99.9 cm³/mol. The Hall–Kier alpha value is -2.21. The van der Waals surface area contributed by atoms with E-state index in [1.807, 2.05) is 49.4 Å². The molecule has 3 rings (SSSR count). The molecule has 2 heterocycles. The highest BCUT2D eigenvalue weighted by molar-refractivity contribution is 9.10. The number of anilines is 1. The Balaban J connectivity index is 1.70. The molecule has 0 N–H and O–H groups in total. The third-order valence-corrected chi connectivity index (χ3v) is 4.82. The SMILES string of the molecule is CCN(C(=O)C1CC(=O)N(Cc2ccccc2)C1)c1ccc(Br)cn1. The lowest BCUT2D eigenvalue weighted by atomic mass is 10.1. The van der Waals surface area contributed by atoms with Crippen LogP contribution in [0.15, 0.2) is 53.1 Å².